The van der Waals surface area contributed by atoms with Crippen LogP contribution in [0.15, 0.2) is 65.6 Å². The summed E-state index contributed by atoms with van der Waals surface area (Å²) in [5.41, 5.74) is -0.124. The van der Waals surface area contributed by atoms with Crippen molar-refractivity contribution in [3.8, 4) is 11.6 Å². The van der Waals surface area contributed by atoms with Gasteiger partial charge in [0.05, 0.1) is 18.4 Å². The Morgan fingerprint density at radius 1 is 1.03 bits per heavy atom. The Bertz CT molecular complexity index is 1230. The number of amides is 2. The van der Waals surface area contributed by atoms with E-state index in [0.717, 1.165) is 12.1 Å². The number of benzene rings is 2. The van der Waals surface area contributed by atoms with E-state index in [9.17, 15) is 23.1 Å². The fraction of sp³-hybridized carbons (Fsp3) is 0.100. The van der Waals surface area contributed by atoms with Gasteiger partial charge in [0.25, 0.3) is 10.0 Å². The van der Waals surface area contributed by atoms with E-state index in [1.165, 1.54) is 25.3 Å². The van der Waals surface area contributed by atoms with Crippen LogP contribution in [0.4, 0.5) is 10.7 Å². The number of ether oxygens (including phenoxy) is 2. The summed E-state index contributed by atoms with van der Waals surface area (Å²) in [6.07, 6.45) is 0. The first kappa shape index (κ1) is 22.5. The number of carboxylic acids is 1. The normalized spacial score (nSPS) is 10.8. The molecule has 0 aliphatic carbocycles. The summed E-state index contributed by atoms with van der Waals surface area (Å²) in [7, 11) is -3.12. The molecule has 2 amide bonds. The van der Waals surface area contributed by atoms with E-state index in [4.69, 9.17) is 9.47 Å². The second-order valence-corrected chi connectivity index (χ2v) is 7.84. The van der Waals surface area contributed by atoms with Crippen LogP contribution >= 0.6 is 0 Å². The average Bonchev–Trinajstić information content (AvgIpc) is 2.77. The van der Waals surface area contributed by atoms with Crippen molar-refractivity contribution in [1.29, 1.82) is 0 Å². The number of aromatic nitrogens is 2. The van der Waals surface area contributed by atoms with Gasteiger partial charge in [0.1, 0.15) is 17.3 Å². The topological polar surface area (TPSA) is 157 Å². The molecule has 3 rings (SSSR count). The van der Waals surface area contributed by atoms with Crippen molar-refractivity contribution in [2.24, 2.45) is 0 Å². The molecule has 2 aromatic carbocycles. The molecule has 0 saturated carbocycles. The highest BCUT2D eigenvalue weighted by Gasteiger charge is 2.24. The van der Waals surface area contributed by atoms with Crippen molar-refractivity contribution in [2.45, 2.75) is 11.5 Å². The molecule has 0 fully saturated rings. The van der Waals surface area contributed by atoms with Crippen LogP contribution < -0.4 is 19.5 Å². The minimum absolute atomic E-state index is 0.0312. The van der Waals surface area contributed by atoms with E-state index < -0.39 is 32.5 Å². The Balaban J connectivity index is 1.75. The van der Waals surface area contributed by atoms with Gasteiger partial charge in [-0.15, -0.1) is 0 Å². The number of methoxy groups -OCH3 is 1. The fourth-order valence-corrected chi connectivity index (χ4v) is 3.67. The van der Waals surface area contributed by atoms with Crippen LogP contribution in [0.25, 0.3) is 0 Å². The lowest BCUT2D eigenvalue weighted by Gasteiger charge is -2.11. The Morgan fingerprint density at radius 3 is 2.41 bits per heavy atom. The van der Waals surface area contributed by atoms with Crippen LogP contribution in [-0.4, -0.2) is 42.6 Å². The Hall–Kier alpha value is -4.19. The molecule has 0 aliphatic rings. The lowest BCUT2D eigenvalue weighted by molar-refractivity contribution is 0.0692. The number of para-hydroxylation sites is 1. The molecule has 166 valence electrons. The Kier molecular flexibility index (Phi) is 6.85. The number of nitrogens with one attached hydrogen (secondary N) is 2. The molecule has 0 saturated heterocycles. The van der Waals surface area contributed by atoms with Crippen molar-refractivity contribution in [1.82, 2.24) is 14.7 Å². The summed E-state index contributed by atoms with van der Waals surface area (Å²) >= 11 is 0. The molecule has 3 N–H and O–H groups in total. The quantitative estimate of drug-likeness (QED) is 0.460. The average molecular weight is 458 g/mol. The Labute approximate surface area is 183 Å². The minimum Gasteiger partial charge on any atom is -0.487 e. The molecular formula is C20H18N4O7S. The molecule has 32 heavy (non-hydrogen) atoms. The van der Waals surface area contributed by atoms with Gasteiger partial charge in [0.2, 0.25) is 11.8 Å². The number of aromatic carboxylic acids is 1. The van der Waals surface area contributed by atoms with Crippen LogP contribution in [0, 0.1) is 0 Å². The number of urea groups is 1. The van der Waals surface area contributed by atoms with Crippen molar-refractivity contribution in [3.05, 3.63) is 71.9 Å². The maximum atomic E-state index is 12.5. The number of carboxylic acid groups (broad SMARTS) is 1. The zero-order chi connectivity index (χ0) is 23.1. The van der Waals surface area contributed by atoms with E-state index in [2.05, 4.69) is 15.3 Å². The standard InChI is InChI=1S/C20H18N4O7S/c1-30-17-11-13(12-31-14-7-3-2-4-8-14)21-19(22-17)23-20(27)24-32(28,29)16-10-6-5-9-15(16)18(25)26/h2-11H,12H2,1H3,(H,25,26)(H2,21,22,23,24,27). The van der Waals surface area contributed by atoms with E-state index in [1.54, 1.807) is 29.0 Å². The second kappa shape index (κ2) is 9.75. The number of rotatable bonds is 8. The molecule has 11 nitrogen and oxygen atoms in total. The Morgan fingerprint density at radius 2 is 1.72 bits per heavy atom. The molecule has 0 unspecified atom stereocenters. The third kappa shape index (κ3) is 5.70. The largest absolute Gasteiger partial charge is 0.487 e. The maximum Gasteiger partial charge on any atom is 0.337 e. The SMILES string of the molecule is COc1cc(COc2ccccc2)nc(NC(=O)NS(=O)(=O)c2ccccc2C(=O)O)n1. The lowest BCUT2D eigenvalue weighted by atomic mass is 10.2. The van der Waals surface area contributed by atoms with Crippen LogP contribution in [0.3, 0.4) is 0 Å². The van der Waals surface area contributed by atoms with Gasteiger partial charge in [0.15, 0.2) is 0 Å². The molecule has 1 aromatic heterocycles. The molecule has 0 radical (unpaired) electrons. The van der Waals surface area contributed by atoms with Gasteiger partial charge in [-0.05, 0) is 24.3 Å². The van der Waals surface area contributed by atoms with Gasteiger partial charge in [-0.2, -0.15) is 4.98 Å². The summed E-state index contributed by atoms with van der Waals surface area (Å²) in [6, 6.07) is 14.1. The summed E-state index contributed by atoms with van der Waals surface area (Å²) in [5.74, 6) is -0.984. The summed E-state index contributed by atoms with van der Waals surface area (Å²) in [6.45, 7) is 0.0312. The predicted octanol–water partition coefficient (Wildman–Crippen LogP) is 2.27. The van der Waals surface area contributed by atoms with Gasteiger partial charge in [-0.3, -0.25) is 5.32 Å². The molecule has 3 aromatic rings. The molecule has 0 atom stereocenters. The number of nitrogens with zero attached hydrogens (tertiary/aromatic N) is 2. The van der Waals surface area contributed by atoms with Gasteiger partial charge < -0.3 is 14.6 Å². The highest BCUT2D eigenvalue weighted by Crippen LogP contribution is 2.17. The first-order chi connectivity index (χ1) is 15.3. The monoisotopic (exact) mass is 458 g/mol. The van der Waals surface area contributed by atoms with Crippen LogP contribution in [-0.2, 0) is 16.6 Å². The third-order valence-corrected chi connectivity index (χ3v) is 5.34. The van der Waals surface area contributed by atoms with Gasteiger partial charge in [-0.25, -0.2) is 27.7 Å². The maximum absolute atomic E-state index is 12.5. The molecule has 0 aliphatic heterocycles. The highest BCUT2D eigenvalue weighted by atomic mass is 32.2. The van der Waals surface area contributed by atoms with Crippen LogP contribution in [0.2, 0.25) is 0 Å². The first-order valence-corrected chi connectivity index (χ1v) is 10.5. The number of carbonyl (C=O) groups excluding carboxylic acids is 1. The van der Waals surface area contributed by atoms with Crippen molar-refractivity contribution in [3.63, 3.8) is 0 Å². The van der Waals surface area contributed by atoms with E-state index >= 15 is 0 Å². The smallest absolute Gasteiger partial charge is 0.337 e. The summed E-state index contributed by atoms with van der Waals surface area (Å²) in [5, 5.41) is 11.4. The number of carbonyl (C=O) groups is 2. The third-order valence-electron chi connectivity index (χ3n) is 3.95. The number of hydrogen-bond donors (Lipinski definition) is 3. The lowest BCUT2D eigenvalue weighted by Crippen LogP contribution is -2.35. The summed E-state index contributed by atoms with van der Waals surface area (Å²) < 4.78 is 37.4. The second-order valence-electron chi connectivity index (χ2n) is 6.19. The zero-order valence-electron chi connectivity index (χ0n) is 16.7. The fourth-order valence-electron chi connectivity index (χ4n) is 2.56. The van der Waals surface area contributed by atoms with E-state index in [-0.39, 0.29) is 18.4 Å². The molecule has 0 spiro atoms. The predicted molar refractivity (Wildman–Crippen MR) is 112 cm³/mol. The van der Waals surface area contributed by atoms with Crippen LogP contribution in [0.5, 0.6) is 11.6 Å². The van der Waals surface area contributed by atoms with Gasteiger partial charge in [-0.1, -0.05) is 30.3 Å². The molecular weight excluding hydrogens is 440 g/mol. The van der Waals surface area contributed by atoms with Crippen molar-refractivity contribution >= 4 is 28.0 Å². The van der Waals surface area contributed by atoms with E-state index in [1.807, 2.05) is 6.07 Å². The number of sulfonamides is 1. The number of hydrogen-bond acceptors (Lipinski definition) is 8. The van der Waals surface area contributed by atoms with E-state index in [0.29, 0.717) is 11.4 Å². The first-order valence-electron chi connectivity index (χ1n) is 9.04. The summed E-state index contributed by atoms with van der Waals surface area (Å²) in [4.78, 5) is 31.0. The van der Waals surface area contributed by atoms with Gasteiger partial charge >= 0.3 is 12.0 Å². The van der Waals surface area contributed by atoms with Crippen molar-refractivity contribution in [2.75, 3.05) is 12.4 Å². The minimum atomic E-state index is -4.48. The molecule has 1 heterocycles. The van der Waals surface area contributed by atoms with Gasteiger partial charge in [0, 0.05) is 6.07 Å². The molecule has 12 heteroatoms. The zero-order valence-corrected chi connectivity index (χ0v) is 17.5. The highest BCUT2D eigenvalue weighted by molar-refractivity contribution is 7.90. The van der Waals surface area contributed by atoms with Crippen molar-refractivity contribution < 1.29 is 32.6 Å². The molecule has 0 bridgehead atoms. The number of anilines is 1. The van der Waals surface area contributed by atoms with Crippen LogP contribution in [0.1, 0.15) is 16.1 Å².